The minimum Gasteiger partial charge on any atom is -0.411 e. The number of amides is 1. The maximum Gasteiger partial charge on any atom is 0.277 e. The smallest absolute Gasteiger partial charge is 0.277 e. The number of aromatic nitrogens is 3. The van der Waals surface area contributed by atoms with Crippen molar-refractivity contribution in [3.63, 3.8) is 0 Å². The molecule has 9 heteroatoms. The van der Waals surface area contributed by atoms with Gasteiger partial charge >= 0.3 is 0 Å². The third kappa shape index (κ3) is 4.36. The van der Waals surface area contributed by atoms with E-state index in [-0.39, 0.29) is 28.3 Å². The summed E-state index contributed by atoms with van der Waals surface area (Å²) in [5.41, 5.74) is 2.05. The first kappa shape index (κ1) is 19.3. The van der Waals surface area contributed by atoms with Crippen molar-refractivity contribution in [2.45, 2.75) is 5.22 Å². The summed E-state index contributed by atoms with van der Waals surface area (Å²) in [6.45, 7) is 0. The zero-order valence-corrected chi connectivity index (χ0v) is 16.9. The van der Waals surface area contributed by atoms with E-state index in [0.29, 0.717) is 5.13 Å². The molecule has 0 unspecified atom stereocenters. The van der Waals surface area contributed by atoms with Crippen molar-refractivity contribution in [2.24, 2.45) is 0 Å². The standard InChI is InChI=1S/C20H15FN4O2S2/c1-25(19-22-16(11-28-19)13-7-3-2-4-8-13)17(26)12-29-20-24-23-18(27-20)14-9-5-6-10-15(14)21/h2-11H,12H2,1H3. The van der Waals surface area contributed by atoms with Crippen molar-refractivity contribution >= 4 is 34.1 Å². The summed E-state index contributed by atoms with van der Waals surface area (Å²) in [5, 5.41) is 10.5. The van der Waals surface area contributed by atoms with E-state index in [0.717, 1.165) is 23.0 Å². The average molecular weight is 426 g/mol. The molecule has 0 N–H and O–H groups in total. The summed E-state index contributed by atoms with van der Waals surface area (Å²) < 4.78 is 19.3. The van der Waals surface area contributed by atoms with Crippen molar-refractivity contribution in [1.82, 2.24) is 15.2 Å². The van der Waals surface area contributed by atoms with Gasteiger partial charge < -0.3 is 4.42 Å². The zero-order chi connectivity index (χ0) is 20.2. The molecule has 0 aliphatic heterocycles. The Hall–Kier alpha value is -3.04. The summed E-state index contributed by atoms with van der Waals surface area (Å²) >= 11 is 2.50. The Labute approximate surface area is 174 Å². The first-order chi connectivity index (χ1) is 14.1. The van der Waals surface area contributed by atoms with Crippen LogP contribution in [0.2, 0.25) is 0 Å². The largest absolute Gasteiger partial charge is 0.411 e. The van der Waals surface area contributed by atoms with Crippen LogP contribution in [0, 0.1) is 5.82 Å². The van der Waals surface area contributed by atoms with Gasteiger partial charge in [0, 0.05) is 18.0 Å². The minimum absolute atomic E-state index is 0.0822. The summed E-state index contributed by atoms with van der Waals surface area (Å²) in [6.07, 6.45) is 0. The van der Waals surface area contributed by atoms with Gasteiger partial charge in [-0.05, 0) is 12.1 Å². The number of halogens is 1. The first-order valence-electron chi connectivity index (χ1n) is 8.60. The molecule has 0 spiro atoms. The van der Waals surface area contributed by atoms with Gasteiger partial charge in [0.1, 0.15) is 5.82 Å². The van der Waals surface area contributed by atoms with Crippen molar-refractivity contribution in [3.05, 3.63) is 65.8 Å². The third-order valence-electron chi connectivity index (χ3n) is 4.05. The van der Waals surface area contributed by atoms with Crippen LogP contribution < -0.4 is 4.90 Å². The van der Waals surface area contributed by atoms with Crippen LogP contribution in [0.1, 0.15) is 0 Å². The molecule has 0 aliphatic rings. The second kappa shape index (κ2) is 8.54. The van der Waals surface area contributed by atoms with Crippen molar-refractivity contribution in [1.29, 1.82) is 0 Å². The third-order valence-corrected chi connectivity index (χ3v) is 5.77. The second-order valence-electron chi connectivity index (χ2n) is 5.98. The van der Waals surface area contributed by atoms with Crippen LogP contribution >= 0.6 is 23.1 Å². The molecule has 0 atom stereocenters. The normalized spacial score (nSPS) is 10.8. The molecule has 0 radical (unpaired) electrons. The monoisotopic (exact) mass is 426 g/mol. The van der Waals surface area contributed by atoms with E-state index in [2.05, 4.69) is 15.2 Å². The highest BCUT2D eigenvalue weighted by atomic mass is 32.2. The maximum absolute atomic E-state index is 13.8. The summed E-state index contributed by atoms with van der Waals surface area (Å²) in [4.78, 5) is 18.5. The molecule has 0 bridgehead atoms. The van der Waals surface area contributed by atoms with Crippen LogP contribution in [0.3, 0.4) is 0 Å². The number of carbonyl (C=O) groups excluding carboxylic acids is 1. The Morgan fingerprint density at radius 3 is 2.69 bits per heavy atom. The molecule has 0 fully saturated rings. The van der Waals surface area contributed by atoms with Crippen LogP contribution in [-0.2, 0) is 4.79 Å². The molecular formula is C20H15FN4O2S2. The zero-order valence-electron chi connectivity index (χ0n) is 15.3. The maximum atomic E-state index is 13.8. The van der Waals surface area contributed by atoms with Gasteiger partial charge in [0.05, 0.1) is 17.0 Å². The predicted octanol–water partition coefficient (Wildman–Crippen LogP) is 4.75. The number of carbonyl (C=O) groups is 1. The number of nitrogens with zero attached hydrogens (tertiary/aromatic N) is 4. The number of thioether (sulfide) groups is 1. The van der Waals surface area contributed by atoms with E-state index < -0.39 is 5.82 Å². The van der Waals surface area contributed by atoms with E-state index in [1.165, 1.54) is 22.3 Å². The number of anilines is 1. The molecule has 1 amide bonds. The van der Waals surface area contributed by atoms with Crippen LogP contribution in [0.4, 0.5) is 9.52 Å². The van der Waals surface area contributed by atoms with E-state index in [9.17, 15) is 9.18 Å². The van der Waals surface area contributed by atoms with E-state index in [4.69, 9.17) is 4.42 Å². The Balaban J connectivity index is 1.39. The Bertz CT molecular complexity index is 1130. The minimum atomic E-state index is -0.443. The van der Waals surface area contributed by atoms with Crippen LogP contribution in [-0.4, -0.2) is 33.9 Å². The summed E-state index contributed by atoms with van der Waals surface area (Å²) in [5.74, 6) is -0.426. The lowest BCUT2D eigenvalue weighted by atomic mass is 10.2. The molecule has 4 aromatic rings. The molecule has 6 nitrogen and oxygen atoms in total. The Kier molecular flexibility index (Phi) is 5.68. The molecule has 29 heavy (non-hydrogen) atoms. The average Bonchev–Trinajstić information content (AvgIpc) is 3.42. The van der Waals surface area contributed by atoms with E-state index >= 15 is 0 Å². The lowest BCUT2D eigenvalue weighted by Crippen LogP contribution is -2.27. The molecule has 0 saturated heterocycles. The molecular weight excluding hydrogens is 411 g/mol. The Morgan fingerprint density at radius 2 is 1.90 bits per heavy atom. The van der Waals surface area contributed by atoms with E-state index in [1.54, 1.807) is 25.2 Å². The van der Waals surface area contributed by atoms with Crippen LogP contribution in [0.5, 0.6) is 0 Å². The predicted molar refractivity (Wildman–Crippen MR) is 111 cm³/mol. The van der Waals surface area contributed by atoms with Gasteiger partial charge in [0.2, 0.25) is 5.91 Å². The van der Waals surface area contributed by atoms with Crippen molar-refractivity contribution in [2.75, 3.05) is 17.7 Å². The highest BCUT2D eigenvalue weighted by molar-refractivity contribution is 7.99. The fraction of sp³-hybridized carbons (Fsp3) is 0.100. The van der Waals surface area contributed by atoms with Crippen molar-refractivity contribution in [3.8, 4) is 22.7 Å². The number of thiazole rings is 1. The van der Waals surface area contributed by atoms with Gasteiger partial charge in [-0.2, -0.15) is 0 Å². The lowest BCUT2D eigenvalue weighted by molar-refractivity contribution is -0.115. The van der Waals surface area contributed by atoms with Gasteiger partial charge in [0.25, 0.3) is 11.1 Å². The fourth-order valence-corrected chi connectivity index (χ4v) is 3.99. The topological polar surface area (TPSA) is 72.1 Å². The van der Waals surface area contributed by atoms with Gasteiger partial charge in [0.15, 0.2) is 5.13 Å². The SMILES string of the molecule is CN(C(=O)CSc1nnc(-c2ccccc2F)o1)c1nc(-c2ccccc2)cs1. The highest BCUT2D eigenvalue weighted by Crippen LogP contribution is 2.28. The van der Waals surface area contributed by atoms with Gasteiger partial charge in [-0.25, -0.2) is 9.37 Å². The van der Waals surface area contributed by atoms with Crippen LogP contribution in [0.25, 0.3) is 22.7 Å². The number of rotatable bonds is 6. The van der Waals surface area contributed by atoms with Gasteiger partial charge in [-0.1, -0.05) is 54.2 Å². The molecule has 4 rings (SSSR count). The molecule has 2 heterocycles. The molecule has 0 saturated carbocycles. The second-order valence-corrected chi connectivity index (χ2v) is 7.74. The molecule has 0 aliphatic carbocycles. The molecule has 146 valence electrons. The van der Waals surface area contributed by atoms with Crippen molar-refractivity contribution < 1.29 is 13.6 Å². The molecule has 2 aromatic carbocycles. The number of benzene rings is 2. The van der Waals surface area contributed by atoms with E-state index in [1.807, 2.05) is 35.7 Å². The fourth-order valence-electron chi connectivity index (χ4n) is 2.50. The van der Waals surface area contributed by atoms with Crippen LogP contribution in [0.15, 0.2) is 69.6 Å². The number of hydrogen-bond donors (Lipinski definition) is 0. The summed E-state index contributed by atoms with van der Waals surface area (Å²) in [7, 11) is 1.68. The van der Waals surface area contributed by atoms with Gasteiger partial charge in [-0.15, -0.1) is 21.5 Å². The quantitative estimate of drug-likeness (QED) is 0.414. The summed E-state index contributed by atoms with van der Waals surface area (Å²) in [6, 6.07) is 15.9. The first-order valence-corrected chi connectivity index (χ1v) is 10.5. The Morgan fingerprint density at radius 1 is 1.14 bits per heavy atom. The highest BCUT2D eigenvalue weighted by Gasteiger charge is 2.18. The molecule has 2 aromatic heterocycles. The lowest BCUT2D eigenvalue weighted by Gasteiger charge is -2.12. The van der Waals surface area contributed by atoms with Gasteiger partial charge in [-0.3, -0.25) is 9.69 Å². The number of hydrogen-bond acceptors (Lipinski definition) is 7.